The zero-order valence-corrected chi connectivity index (χ0v) is 25.2. The van der Waals surface area contributed by atoms with Crippen LogP contribution in [0.4, 0.5) is 0 Å². The van der Waals surface area contributed by atoms with Crippen LogP contribution in [0.2, 0.25) is 0 Å². The Bertz CT molecular complexity index is 822. The Balaban J connectivity index is 0.000000462. The molecule has 0 N–H and O–H groups in total. The van der Waals surface area contributed by atoms with Crippen LogP contribution < -0.4 is 0 Å². The summed E-state index contributed by atoms with van der Waals surface area (Å²) in [5.41, 5.74) is 0.928. The number of quaternary nitrogens is 1. The van der Waals surface area contributed by atoms with Gasteiger partial charge in [-0.15, -0.1) is 0 Å². The summed E-state index contributed by atoms with van der Waals surface area (Å²) >= 11 is 2.20. The summed E-state index contributed by atoms with van der Waals surface area (Å²) in [6.07, 6.45) is 21.6. The van der Waals surface area contributed by atoms with E-state index >= 15 is 0 Å². The summed E-state index contributed by atoms with van der Waals surface area (Å²) in [6, 6.07) is 5.78. The fraction of sp³-hybridized carbons (Fsp3) is 0.724. The Kier molecular flexibility index (Phi) is 18.0. The van der Waals surface area contributed by atoms with Gasteiger partial charge in [0.25, 0.3) is 0 Å². The second-order valence-electron chi connectivity index (χ2n) is 10.2. The van der Waals surface area contributed by atoms with Gasteiger partial charge in [-0.3, -0.25) is 0 Å². The van der Waals surface area contributed by atoms with Crippen LogP contribution in [0.15, 0.2) is 29.2 Å². The minimum Gasteiger partial charge on any atom is -0.744 e. The number of piperidine rings is 1. The average molecular weight is 618 g/mol. The lowest BCUT2D eigenvalue weighted by atomic mass is 10.0. The molecule has 1 fully saturated rings. The van der Waals surface area contributed by atoms with Gasteiger partial charge in [-0.25, -0.2) is 8.42 Å². The molecule has 0 amide bonds. The number of benzene rings is 1. The molecule has 1 aromatic rings. The minimum absolute atomic E-state index is 0.178. The van der Waals surface area contributed by atoms with Gasteiger partial charge in [0.1, 0.15) is 16.7 Å². The molecule has 0 saturated carbocycles. The van der Waals surface area contributed by atoms with Crippen molar-refractivity contribution in [1.82, 2.24) is 0 Å². The lowest BCUT2D eigenvalue weighted by Crippen LogP contribution is -2.52. The standard InChI is InChI=1S/C22H41IN.C7H8O3S/c1-2-3-4-5-6-7-8-9-10-11-12-14-19-24(22-17-18-23)20-15-13-16-21-24;1-6-2-4-7(5-3-6)11(8,9)10/h2-16,19-22H2,1H3;2-5H,1H3,(H,8,9,10)/q+1;/p-1. The van der Waals surface area contributed by atoms with E-state index in [2.05, 4.69) is 39.4 Å². The molecule has 0 aromatic heterocycles. The molecular weight excluding hydrogens is 569 g/mol. The maximum atomic E-state index is 10.4. The monoisotopic (exact) mass is 617 g/mol. The van der Waals surface area contributed by atoms with E-state index in [0.717, 1.165) is 12.1 Å². The number of unbranched alkanes of at least 4 members (excludes halogenated alkanes) is 11. The van der Waals surface area contributed by atoms with E-state index in [1.807, 2.05) is 6.92 Å². The third-order valence-electron chi connectivity index (χ3n) is 7.04. The van der Waals surface area contributed by atoms with Crippen molar-refractivity contribution in [3.05, 3.63) is 29.8 Å². The van der Waals surface area contributed by atoms with E-state index in [9.17, 15) is 13.0 Å². The molecule has 1 saturated heterocycles. The summed E-state index contributed by atoms with van der Waals surface area (Å²) < 4.78 is 35.6. The Hall–Kier alpha value is -0.620. The van der Waals surface area contributed by atoms with Crippen LogP contribution >= 0.6 is 22.6 Å². The fourth-order valence-corrected chi connectivity index (χ4v) is 5.47. The van der Waals surface area contributed by atoms with E-state index < -0.39 is 10.1 Å². The van der Waals surface area contributed by atoms with Crippen LogP contribution in [-0.2, 0) is 10.1 Å². The van der Waals surface area contributed by atoms with Gasteiger partial charge in [-0.2, -0.15) is 0 Å². The van der Waals surface area contributed by atoms with Gasteiger partial charge < -0.3 is 9.04 Å². The smallest absolute Gasteiger partial charge is 0.141 e. The summed E-state index contributed by atoms with van der Waals surface area (Å²) in [4.78, 5) is -0.178. The highest BCUT2D eigenvalue weighted by atomic mass is 127. The minimum atomic E-state index is -4.27. The van der Waals surface area contributed by atoms with Gasteiger partial charge in [0.05, 0.1) is 24.5 Å². The molecule has 1 heterocycles. The van der Waals surface area contributed by atoms with Gasteiger partial charge >= 0.3 is 0 Å². The van der Waals surface area contributed by atoms with Crippen LogP contribution in [0.5, 0.6) is 0 Å². The van der Waals surface area contributed by atoms with Crippen molar-refractivity contribution in [2.45, 2.75) is 115 Å². The quantitative estimate of drug-likeness (QED) is 0.0659. The van der Waals surface area contributed by atoms with E-state index in [-0.39, 0.29) is 4.90 Å². The average Bonchev–Trinajstić information content (AvgIpc) is 2.84. The van der Waals surface area contributed by atoms with Crippen molar-refractivity contribution in [2.24, 2.45) is 0 Å². The molecule has 0 radical (unpaired) electrons. The zero-order chi connectivity index (χ0) is 25.8. The molecule has 1 aliphatic heterocycles. The number of aryl methyl sites for hydroxylation is 1. The maximum absolute atomic E-state index is 10.4. The number of nitrogens with zero attached hydrogens (tertiary/aromatic N) is 1. The van der Waals surface area contributed by atoms with E-state index in [1.54, 1.807) is 12.1 Å². The van der Waals surface area contributed by atoms with Crippen LogP contribution in [0, 0.1) is 16.8 Å². The van der Waals surface area contributed by atoms with E-state index in [4.69, 9.17) is 0 Å². The zero-order valence-electron chi connectivity index (χ0n) is 22.2. The molecule has 0 unspecified atom stereocenters. The molecule has 0 bridgehead atoms. The van der Waals surface area contributed by atoms with Crippen LogP contribution in [0.1, 0.15) is 109 Å². The first-order chi connectivity index (χ1) is 16.8. The molecule has 0 atom stereocenters. The molecular formula is C29H48INO3S. The van der Waals surface area contributed by atoms with Crippen LogP contribution in [-0.4, -0.2) is 43.6 Å². The van der Waals surface area contributed by atoms with E-state index in [1.165, 1.54) is 133 Å². The van der Waals surface area contributed by atoms with Gasteiger partial charge in [-0.05, 0) is 61.0 Å². The lowest BCUT2D eigenvalue weighted by Gasteiger charge is -2.40. The van der Waals surface area contributed by atoms with Crippen molar-refractivity contribution in [3.8, 4) is 9.85 Å². The fourth-order valence-electron chi connectivity index (χ4n) is 4.83. The Labute approximate surface area is 230 Å². The highest BCUT2D eigenvalue weighted by Gasteiger charge is 2.28. The first kappa shape index (κ1) is 32.4. The lowest BCUT2D eigenvalue weighted by molar-refractivity contribution is -0.926. The maximum Gasteiger partial charge on any atom is 0.141 e. The number of hydrogen-bond acceptors (Lipinski definition) is 3. The highest BCUT2D eigenvalue weighted by Crippen LogP contribution is 2.20. The molecule has 35 heavy (non-hydrogen) atoms. The number of hydrogen-bond donors (Lipinski definition) is 0. The molecule has 0 spiro atoms. The van der Waals surface area contributed by atoms with E-state index in [0.29, 0.717) is 0 Å². The Morgan fingerprint density at radius 3 is 1.77 bits per heavy atom. The largest absolute Gasteiger partial charge is 0.744 e. The van der Waals surface area contributed by atoms with Gasteiger partial charge in [-0.1, -0.05) is 88.8 Å². The Morgan fingerprint density at radius 2 is 1.31 bits per heavy atom. The van der Waals surface area contributed by atoms with Crippen molar-refractivity contribution in [1.29, 1.82) is 0 Å². The summed E-state index contributed by atoms with van der Waals surface area (Å²) in [5, 5.41) is 0. The second kappa shape index (κ2) is 19.5. The normalized spacial score (nSPS) is 15.0. The molecule has 200 valence electrons. The molecule has 2 rings (SSSR count). The first-order valence-corrected chi connectivity index (χ1v) is 16.3. The molecule has 4 nitrogen and oxygen atoms in total. The number of likely N-dealkylation sites (tertiary alicyclic amines) is 1. The van der Waals surface area contributed by atoms with Crippen molar-refractivity contribution < 1.29 is 17.5 Å². The second-order valence-corrected chi connectivity index (χ2v) is 12.1. The SMILES string of the molecule is CCCCCCCCCCCCCC[N+]1(CC#CI)CCCCC1.Cc1ccc(S(=O)(=O)[O-])cc1. The first-order valence-electron chi connectivity index (χ1n) is 13.8. The molecule has 1 aliphatic rings. The molecule has 1 aromatic carbocycles. The van der Waals surface area contributed by atoms with Gasteiger partial charge in [0.2, 0.25) is 0 Å². The number of halogens is 1. The van der Waals surface area contributed by atoms with Gasteiger partial charge in [0, 0.05) is 22.6 Å². The van der Waals surface area contributed by atoms with Gasteiger partial charge in [0.15, 0.2) is 0 Å². The predicted molar refractivity (Wildman–Crippen MR) is 156 cm³/mol. The predicted octanol–water partition coefficient (Wildman–Crippen LogP) is 7.98. The van der Waals surface area contributed by atoms with Crippen LogP contribution in [0.3, 0.4) is 0 Å². The molecule has 6 heteroatoms. The topological polar surface area (TPSA) is 57.2 Å². The summed E-state index contributed by atoms with van der Waals surface area (Å²) in [6.45, 7) is 9.35. The van der Waals surface area contributed by atoms with Crippen molar-refractivity contribution >= 4 is 32.7 Å². The van der Waals surface area contributed by atoms with Crippen molar-refractivity contribution in [2.75, 3.05) is 26.2 Å². The summed E-state index contributed by atoms with van der Waals surface area (Å²) in [5.74, 6) is 3.36. The van der Waals surface area contributed by atoms with Crippen LogP contribution in [0.25, 0.3) is 0 Å². The third kappa shape index (κ3) is 16.0. The number of rotatable bonds is 15. The third-order valence-corrected chi connectivity index (χ3v) is 8.27. The summed E-state index contributed by atoms with van der Waals surface area (Å²) in [7, 11) is -4.27. The molecule has 0 aliphatic carbocycles. The highest BCUT2D eigenvalue weighted by molar-refractivity contribution is 14.1. The Morgan fingerprint density at radius 1 is 0.829 bits per heavy atom. The van der Waals surface area contributed by atoms with Crippen molar-refractivity contribution in [3.63, 3.8) is 0 Å².